The van der Waals surface area contributed by atoms with E-state index in [4.69, 9.17) is 4.74 Å². The number of aliphatic hydroxyl groups excluding tert-OH is 1. The minimum absolute atomic E-state index is 0.125. The number of aliphatic hydroxyl groups is 1. The lowest BCUT2D eigenvalue weighted by Crippen LogP contribution is -2.45. The zero-order chi connectivity index (χ0) is 17.1. The molecule has 0 spiro atoms. The van der Waals surface area contributed by atoms with Gasteiger partial charge in [0.05, 0.1) is 13.2 Å². The molecule has 1 aromatic carbocycles. The van der Waals surface area contributed by atoms with Crippen molar-refractivity contribution in [3.8, 4) is 5.75 Å². The Labute approximate surface area is 145 Å². The van der Waals surface area contributed by atoms with E-state index in [9.17, 15) is 9.90 Å². The first-order valence-corrected chi connectivity index (χ1v) is 8.77. The first-order valence-electron chi connectivity index (χ1n) is 7.89. The van der Waals surface area contributed by atoms with Gasteiger partial charge in [0.2, 0.25) is 0 Å². The minimum Gasteiger partial charge on any atom is -0.497 e. The van der Waals surface area contributed by atoms with Gasteiger partial charge < -0.3 is 20.1 Å². The van der Waals surface area contributed by atoms with Crippen molar-refractivity contribution in [2.75, 3.05) is 25.5 Å². The first kappa shape index (κ1) is 16.7. The Kier molecular flexibility index (Phi) is 5.01. The van der Waals surface area contributed by atoms with Crippen molar-refractivity contribution in [2.24, 2.45) is 5.92 Å². The van der Waals surface area contributed by atoms with Crippen molar-refractivity contribution in [1.29, 1.82) is 0 Å². The molecule has 2 N–H and O–H groups in total. The molecule has 3 rings (SSSR count). The molecule has 6 nitrogen and oxygen atoms in total. The van der Waals surface area contributed by atoms with Gasteiger partial charge in [-0.1, -0.05) is 6.92 Å². The lowest BCUT2D eigenvalue weighted by molar-refractivity contribution is 0.0335. The number of aromatic nitrogens is 1. The van der Waals surface area contributed by atoms with Crippen LogP contribution in [0.25, 0.3) is 0 Å². The summed E-state index contributed by atoms with van der Waals surface area (Å²) in [5, 5.41) is 15.4. The Morgan fingerprint density at radius 1 is 1.38 bits per heavy atom. The van der Waals surface area contributed by atoms with Gasteiger partial charge in [0, 0.05) is 24.2 Å². The summed E-state index contributed by atoms with van der Waals surface area (Å²) in [4.78, 5) is 18.6. The van der Waals surface area contributed by atoms with Gasteiger partial charge in [-0.25, -0.2) is 4.98 Å². The Morgan fingerprint density at radius 2 is 2.12 bits per heavy atom. The highest BCUT2D eigenvalue weighted by molar-refractivity contribution is 7.14. The molecule has 0 unspecified atom stereocenters. The summed E-state index contributed by atoms with van der Waals surface area (Å²) in [5.41, 5.74) is 1.29. The predicted molar refractivity (Wildman–Crippen MR) is 94.1 cm³/mol. The SMILES string of the molecule is COc1ccc(Nc2nc(C(=O)N3C[C@@H](C)C[C@@H](O)C3)cs2)cc1. The molecule has 2 heterocycles. The fraction of sp³-hybridized carbons (Fsp3) is 0.412. The van der Waals surface area contributed by atoms with E-state index in [2.05, 4.69) is 10.3 Å². The van der Waals surface area contributed by atoms with E-state index in [1.165, 1.54) is 11.3 Å². The number of benzene rings is 1. The lowest BCUT2D eigenvalue weighted by atomic mass is 9.98. The number of nitrogens with zero attached hydrogens (tertiary/aromatic N) is 2. The summed E-state index contributed by atoms with van der Waals surface area (Å²) in [5.74, 6) is 0.959. The van der Waals surface area contributed by atoms with Gasteiger partial charge in [0.1, 0.15) is 11.4 Å². The van der Waals surface area contributed by atoms with E-state index in [1.54, 1.807) is 17.4 Å². The summed E-state index contributed by atoms with van der Waals surface area (Å²) >= 11 is 1.38. The Balaban J connectivity index is 1.67. The van der Waals surface area contributed by atoms with Gasteiger partial charge in [0.25, 0.3) is 5.91 Å². The molecule has 2 aromatic rings. The van der Waals surface area contributed by atoms with Gasteiger partial charge in [0.15, 0.2) is 5.13 Å². The van der Waals surface area contributed by atoms with Crippen LogP contribution in [0.1, 0.15) is 23.8 Å². The molecular weight excluding hydrogens is 326 g/mol. The van der Waals surface area contributed by atoms with Crippen LogP contribution in [-0.2, 0) is 0 Å². The molecule has 0 radical (unpaired) electrons. The smallest absolute Gasteiger partial charge is 0.273 e. The highest BCUT2D eigenvalue weighted by Gasteiger charge is 2.28. The predicted octanol–water partition coefficient (Wildman–Crippen LogP) is 2.74. The third-order valence-corrected chi connectivity index (χ3v) is 4.75. The molecule has 1 aromatic heterocycles. The number of β-amino-alcohol motifs (C(OH)–C–C–N with tert-alkyl or cyclic N) is 1. The second kappa shape index (κ2) is 7.19. The molecule has 1 saturated heterocycles. The molecule has 1 aliphatic rings. The molecular formula is C17H21N3O3S. The van der Waals surface area contributed by atoms with Crippen molar-refractivity contribution >= 4 is 28.1 Å². The van der Waals surface area contributed by atoms with Crippen LogP contribution >= 0.6 is 11.3 Å². The number of piperidine rings is 1. The number of likely N-dealkylation sites (tertiary alicyclic amines) is 1. The largest absolute Gasteiger partial charge is 0.497 e. The van der Waals surface area contributed by atoms with Crippen LogP contribution < -0.4 is 10.1 Å². The zero-order valence-corrected chi connectivity index (χ0v) is 14.5. The molecule has 128 valence electrons. The first-order chi connectivity index (χ1) is 11.5. The fourth-order valence-corrected chi connectivity index (χ4v) is 3.58. The van der Waals surface area contributed by atoms with Crippen LogP contribution in [0.5, 0.6) is 5.75 Å². The summed E-state index contributed by atoms with van der Waals surface area (Å²) in [6.45, 7) is 3.08. The average molecular weight is 347 g/mol. The van der Waals surface area contributed by atoms with E-state index in [0.717, 1.165) is 17.9 Å². The second-order valence-corrected chi connectivity index (χ2v) is 6.95. The fourth-order valence-electron chi connectivity index (χ4n) is 2.87. The molecule has 2 atom stereocenters. The van der Waals surface area contributed by atoms with E-state index in [0.29, 0.717) is 29.8 Å². The third kappa shape index (κ3) is 3.85. The van der Waals surface area contributed by atoms with Gasteiger partial charge >= 0.3 is 0 Å². The van der Waals surface area contributed by atoms with Crippen molar-refractivity contribution < 1.29 is 14.6 Å². The molecule has 7 heteroatoms. The topological polar surface area (TPSA) is 74.7 Å². The number of hydrogen-bond donors (Lipinski definition) is 2. The number of carbonyl (C=O) groups is 1. The Morgan fingerprint density at radius 3 is 2.79 bits per heavy atom. The van der Waals surface area contributed by atoms with Crippen molar-refractivity contribution in [2.45, 2.75) is 19.4 Å². The number of methoxy groups -OCH3 is 1. The maximum atomic E-state index is 12.6. The van der Waals surface area contributed by atoms with Crippen LogP contribution in [0.4, 0.5) is 10.8 Å². The normalized spacial score (nSPS) is 20.7. The molecule has 0 aliphatic carbocycles. The maximum absolute atomic E-state index is 12.6. The number of nitrogens with one attached hydrogen (secondary N) is 1. The maximum Gasteiger partial charge on any atom is 0.273 e. The molecule has 24 heavy (non-hydrogen) atoms. The molecule has 1 aliphatic heterocycles. The van der Waals surface area contributed by atoms with Crippen molar-refractivity contribution in [3.63, 3.8) is 0 Å². The second-order valence-electron chi connectivity index (χ2n) is 6.10. The number of thiazole rings is 1. The van der Waals surface area contributed by atoms with Gasteiger partial charge in [-0.2, -0.15) is 0 Å². The monoisotopic (exact) mass is 347 g/mol. The van der Waals surface area contributed by atoms with Gasteiger partial charge in [-0.3, -0.25) is 4.79 Å². The van der Waals surface area contributed by atoms with E-state index in [1.807, 2.05) is 31.2 Å². The summed E-state index contributed by atoms with van der Waals surface area (Å²) < 4.78 is 5.13. The summed E-state index contributed by atoms with van der Waals surface area (Å²) in [7, 11) is 1.62. The van der Waals surface area contributed by atoms with E-state index >= 15 is 0 Å². The highest BCUT2D eigenvalue weighted by Crippen LogP contribution is 2.24. The summed E-state index contributed by atoms with van der Waals surface area (Å²) in [6.07, 6.45) is 0.290. The number of carbonyl (C=O) groups excluding carboxylic acids is 1. The number of hydrogen-bond acceptors (Lipinski definition) is 6. The number of amides is 1. The van der Waals surface area contributed by atoms with Crippen LogP contribution in [0.2, 0.25) is 0 Å². The third-order valence-electron chi connectivity index (χ3n) is 3.99. The Hall–Kier alpha value is -2.12. The zero-order valence-electron chi connectivity index (χ0n) is 13.7. The van der Waals surface area contributed by atoms with Crippen LogP contribution in [0.15, 0.2) is 29.6 Å². The molecule has 0 bridgehead atoms. The number of anilines is 2. The van der Waals surface area contributed by atoms with Gasteiger partial charge in [-0.05, 0) is 36.6 Å². The number of ether oxygens (including phenoxy) is 1. The minimum atomic E-state index is -0.451. The van der Waals surface area contributed by atoms with E-state index < -0.39 is 6.10 Å². The summed E-state index contributed by atoms with van der Waals surface area (Å²) in [6, 6.07) is 7.51. The Bertz CT molecular complexity index is 691. The van der Waals surface area contributed by atoms with E-state index in [-0.39, 0.29) is 5.91 Å². The van der Waals surface area contributed by atoms with Crippen LogP contribution in [-0.4, -0.2) is 47.2 Å². The standard InChI is InChI=1S/C17H21N3O3S/c1-11-7-13(21)9-20(8-11)16(22)15-10-24-17(19-15)18-12-3-5-14(23-2)6-4-12/h3-6,10-11,13,21H,7-9H2,1-2H3,(H,18,19)/t11-,13+/m0/s1. The van der Waals surface area contributed by atoms with Crippen LogP contribution in [0, 0.1) is 5.92 Å². The van der Waals surface area contributed by atoms with Gasteiger partial charge in [-0.15, -0.1) is 11.3 Å². The molecule has 1 amide bonds. The van der Waals surface area contributed by atoms with Crippen molar-refractivity contribution in [1.82, 2.24) is 9.88 Å². The van der Waals surface area contributed by atoms with Crippen molar-refractivity contribution in [3.05, 3.63) is 35.3 Å². The number of rotatable bonds is 4. The van der Waals surface area contributed by atoms with Crippen LogP contribution in [0.3, 0.4) is 0 Å². The lowest BCUT2D eigenvalue weighted by Gasteiger charge is -2.33. The average Bonchev–Trinajstić information content (AvgIpc) is 3.02. The molecule has 0 saturated carbocycles. The molecule has 1 fully saturated rings. The highest BCUT2D eigenvalue weighted by atomic mass is 32.1. The quantitative estimate of drug-likeness (QED) is 0.889.